The Morgan fingerprint density at radius 1 is 1.24 bits per heavy atom. The molecular weight excluding hydrogens is 364 g/mol. The molecule has 1 N–H and O–H groups in total. The lowest BCUT2D eigenvalue weighted by molar-refractivity contribution is 0.324. The number of benzene rings is 1. The summed E-state index contributed by atoms with van der Waals surface area (Å²) < 4.78 is 5.51. The molecule has 1 aliphatic heterocycles. The molecule has 1 fully saturated rings. The van der Waals surface area contributed by atoms with Crippen LogP contribution in [0.5, 0.6) is 5.75 Å². The highest BCUT2D eigenvalue weighted by atomic mass is 16.5. The highest BCUT2D eigenvalue weighted by molar-refractivity contribution is 5.53. The standard InChI is InChI=1S/C23H22N4O2/c1-2-12-29-20-5-3-4-17(13-20)15-27-11-8-19(16-27)21-14-22(28)26-23(25-21)18-6-9-24-10-7-18/h1,3-7,9-10,13-14,19H,8,11-12,15-16H2,(H,25,26,28)/t19-/m1/s1. The first-order valence-corrected chi connectivity index (χ1v) is 9.60. The molecule has 3 aromatic rings. The topological polar surface area (TPSA) is 71.1 Å². The Morgan fingerprint density at radius 3 is 2.93 bits per heavy atom. The highest BCUT2D eigenvalue weighted by Crippen LogP contribution is 2.28. The van der Waals surface area contributed by atoms with E-state index in [-0.39, 0.29) is 18.1 Å². The van der Waals surface area contributed by atoms with Gasteiger partial charge in [-0.2, -0.15) is 0 Å². The maximum Gasteiger partial charge on any atom is 0.251 e. The zero-order chi connectivity index (χ0) is 20.1. The van der Waals surface area contributed by atoms with E-state index in [1.54, 1.807) is 18.5 Å². The van der Waals surface area contributed by atoms with Gasteiger partial charge >= 0.3 is 0 Å². The van der Waals surface area contributed by atoms with Crippen molar-refractivity contribution in [3.05, 3.63) is 76.5 Å². The van der Waals surface area contributed by atoms with Crippen LogP contribution in [0.3, 0.4) is 0 Å². The smallest absolute Gasteiger partial charge is 0.251 e. The van der Waals surface area contributed by atoms with Crippen molar-refractivity contribution in [1.29, 1.82) is 0 Å². The van der Waals surface area contributed by atoms with Gasteiger partial charge in [-0.3, -0.25) is 14.7 Å². The van der Waals surface area contributed by atoms with Crippen LogP contribution < -0.4 is 10.3 Å². The Kier molecular flexibility index (Phi) is 5.68. The van der Waals surface area contributed by atoms with Crippen LogP contribution in [-0.2, 0) is 6.54 Å². The number of likely N-dealkylation sites (tertiary alicyclic amines) is 1. The molecule has 4 rings (SSSR count). The quantitative estimate of drug-likeness (QED) is 0.660. The number of rotatable bonds is 6. The first kappa shape index (κ1) is 18.9. The number of aromatic nitrogens is 3. The molecule has 0 radical (unpaired) electrons. The number of aromatic amines is 1. The molecule has 1 saturated heterocycles. The summed E-state index contributed by atoms with van der Waals surface area (Å²) in [6.07, 6.45) is 9.62. The Labute approximate surface area is 169 Å². The third-order valence-electron chi connectivity index (χ3n) is 5.03. The van der Waals surface area contributed by atoms with Gasteiger partial charge in [0, 0.05) is 43.0 Å². The van der Waals surface area contributed by atoms with E-state index in [4.69, 9.17) is 16.1 Å². The predicted molar refractivity (Wildman–Crippen MR) is 111 cm³/mol. The number of nitrogens with one attached hydrogen (secondary N) is 1. The molecule has 1 aliphatic rings. The van der Waals surface area contributed by atoms with Crippen LogP contribution in [0.4, 0.5) is 0 Å². The number of pyridine rings is 1. The van der Waals surface area contributed by atoms with Crippen LogP contribution in [0.25, 0.3) is 11.4 Å². The minimum atomic E-state index is -0.126. The summed E-state index contributed by atoms with van der Waals surface area (Å²) in [6.45, 7) is 2.91. The minimum Gasteiger partial charge on any atom is -0.481 e. The van der Waals surface area contributed by atoms with Crippen LogP contribution in [0.2, 0.25) is 0 Å². The van der Waals surface area contributed by atoms with Crippen molar-refractivity contribution in [2.24, 2.45) is 0 Å². The molecular formula is C23H22N4O2. The van der Waals surface area contributed by atoms with Gasteiger partial charge in [0.15, 0.2) is 0 Å². The van der Waals surface area contributed by atoms with Crippen molar-refractivity contribution in [2.45, 2.75) is 18.9 Å². The SMILES string of the molecule is C#CCOc1cccc(CN2CC[C@@H](c3cc(=O)[nH]c(-c4ccncc4)n3)C2)c1. The van der Waals surface area contributed by atoms with Crippen molar-refractivity contribution in [1.82, 2.24) is 19.9 Å². The normalized spacial score (nSPS) is 16.4. The molecule has 1 atom stereocenters. The fraction of sp³-hybridized carbons (Fsp3) is 0.261. The molecule has 0 bridgehead atoms. The molecule has 3 heterocycles. The van der Waals surface area contributed by atoms with E-state index in [9.17, 15) is 4.79 Å². The number of terminal acetylenes is 1. The summed E-state index contributed by atoms with van der Waals surface area (Å²) in [7, 11) is 0. The molecule has 6 heteroatoms. The number of hydrogen-bond acceptors (Lipinski definition) is 5. The van der Waals surface area contributed by atoms with E-state index in [2.05, 4.69) is 26.9 Å². The third kappa shape index (κ3) is 4.71. The van der Waals surface area contributed by atoms with Crippen LogP contribution in [0.15, 0.2) is 59.7 Å². The van der Waals surface area contributed by atoms with Crippen molar-refractivity contribution < 1.29 is 4.74 Å². The second-order valence-corrected chi connectivity index (χ2v) is 7.12. The molecule has 0 amide bonds. The van der Waals surface area contributed by atoms with Gasteiger partial charge in [-0.05, 0) is 42.8 Å². The van der Waals surface area contributed by atoms with Crippen LogP contribution in [0, 0.1) is 12.3 Å². The van der Waals surface area contributed by atoms with Crippen LogP contribution in [0.1, 0.15) is 23.6 Å². The molecule has 2 aromatic heterocycles. The molecule has 0 aliphatic carbocycles. The Hall–Kier alpha value is -3.43. The second kappa shape index (κ2) is 8.72. The van der Waals surface area contributed by atoms with Crippen molar-refractivity contribution >= 4 is 0 Å². The molecule has 0 spiro atoms. The van der Waals surface area contributed by atoms with Crippen molar-refractivity contribution in [3.8, 4) is 29.5 Å². The van der Waals surface area contributed by atoms with Gasteiger partial charge in [0.25, 0.3) is 5.56 Å². The van der Waals surface area contributed by atoms with E-state index in [0.717, 1.165) is 43.1 Å². The van der Waals surface area contributed by atoms with Crippen LogP contribution >= 0.6 is 0 Å². The summed E-state index contributed by atoms with van der Waals surface area (Å²) in [5.74, 6) is 4.09. The van der Waals surface area contributed by atoms with Gasteiger partial charge in [-0.15, -0.1) is 6.42 Å². The van der Waals surface area contributed by atoms with Gasteiger partial charge in [-0.1, -0.05) is 18.1 Å². The lowest BCUT2D eigenvalue weighted by atomic mass is 10.0. The number of hydrogen-bond donors (Lipinski definition) is 1. The monoisotopic (exact) mass is 386 g/mol. The first-order chi connectivity index (χ1) is 14.2. The van der Waals surface area contributed by atoms with E-state index in [0.29, 0.717) is 5.82 Å². The maximum absolute atomic E-state index is 12.2. The zero-order valence-electron chi connectivity index (χ0n) is 16.0. The van der Waals surface area contributed by atoms with E-state index < -0.39 is 0 Å². The van der Waals surface area contributed by atoms with Gasteiger partial charge in [-0.25, -0.2) is 4.98 Å². The fourth-order valence-electron chi connectivity index (χ4n) is 3.67. The predicted octanol–water partition coefficient (Wildman–Crippen LogP) is 2.83. The summed E-state index contributed by atoms with van der Waals surface area (Å²) >= 11 is 0. The molecule has 146 valence electrons. The summed E-state index contributed by atoms with van der Waals surface area (Å²) in [4.78, 5) is 26.1. The molecule has 1 aromatic carbocycles. The summed E-state index contributed by atoms with van der Waals surface area (Å²) in [5.41, 5.74) is 2.75. The van der Waals surface area contributed by atoms with Gasteiger partial charge in [0.2, 0.25) is 0 Å². The zero-order valence-corrected chi connectivity index (χ0v) is 16.0. The Balaban J connectivity index is 1.46. The van der Waals surface area contributed by atoms with Gasteiger partial charge < -0.3 is 9.72 Å². The van der Waals surface area contributed by atoms with E-state index in [1.165, 1.54) is 5.56 Å². The van der Waals surface area contributed by atoms with E-state index in [1.807, 2.05) is 30.3 Å². The second-order valence-electron chi connectivity index (χ2n) is 7.12. The summed E-state index contributed by atoms with van der Waals surface area (Å²) in [5, 5.41) is 0. The average molecular weight is 386 g/mol. The van der Waals surface area contributed by atoms with E-state index >= 15 is 0 Å². The first-order valence-electron chi connectivity index (χ1n) is 9.60. The third-order valence-corrected chi connectivity index (χ3v) is 5.03. The summed E-state index contributed by atoms with van der Waals surface area (Å²) in [6, 6.07) is 13.3. The van der Waals surface area contributed by atoms with Crippen molar-refractivity contribution in [2.75, 3.05) is 19.7 Å². The molecule has 0 saturated carbocycles. The molecule has 6 nitrogen and oxygen atoms in total. The largest absolute Gasteiger partial charge is 0.481 e. The minimum absolute atomic E-state index is 0.126. The van der Waals surface area contributed by atoms with Crippen molar-refractivity contribution in [3.63, 3.8) is 0 Å². The Bertz CT molecular complexity index is 1070. The Morgan fingerprint density at radius 2 is 2.10 bits per heavy atom. The van der Waals surface area contributed by atoms with Gasteiger partial charge in [0.1, 0.15) is 18.2 Å². The van der Waals surface area contributed by atoms with Crippen LogP contribution in [-0.4, -0.2) is 39.5 Å². The van der Waals surface area contributed by atoms with Gasteiger partial charge in [0.05, 0.1) is 5.69 Å². The number of nitrogens with zero attached hydrogens (tertiary/aromatic N) is 3. The highest BCUT2D eigenvalue weighted by Gasteiger charge is 2.25. The number of H-pyrrole nitrogens is 1. The lowest BCUT2D eigenvalue weighted by Gasteiger charge is -2.17. The lowest BCUT2D eigenvalue weighted by Crippen LogP contribution is -2.20. The molecule has 0 unspecified atom stereocenters. The fourth-order valence-corrected chi connectivity index (χ4v) is 3.67. The number of ether oxygens (including phenoxy) is 1. The average Bonchev–Trinajstić information content (AvgIpc) is 3.21. The molecule has 29 heavy (non-hydrogen) atoms. The maximum atomic E-state index is 12.2.